The summed E-state index contributed by atoms with van der Waals surface area (Å²) >= 11 is 3.34. The van der Waals surface area contributed by atoms with E-state index in [0.717, 1.165) is 23.0 Å². The molecule has 1 atom stereocenters. The average Bonchev–Trinajstić information content (AvgIpc) is 2.09. The molecule has 0 bridgehead atoms. The Morgan fingerprint density at radius 3 is 3.00 bits per heavy atom. The molecule has 1 N–H and O–H groups in total. The molecular formula is C9H13BrN2O. The first-order chi connectivity index (χ1) is 6.24. The fourth-order valence-electron chi connectivity index (χ4n) is 1.15. The van der Waals surface area contributed by atoms with E-state index in [-0.39, 0.29) is 6.10 Å². The van der Waals surface area contributed by atoms with Gasteiger partial charge in [0.25, 0.3) is 0 Å². The van der Waals surface area contributed by atoms with Gasteiger partial charge in [0.2, 0.25) is 0 Å². The zero-order valence-electron chi connectivity index (χ0n) is 7.57. The van der Waals surface area contributed by atoms with Crippen molar-refractivity contribution in [1.82, 2.24) is 9.97 Å². The summed E-state index contributed by atoms with van der Waals surface area (Å²) in [4.78, 5) is 7.94. The van der Waals surface area contributed by atoms with Crippen LogP contribution in [0.3, 0.4) is 0 Å². The Bertz CT molecular complexity index is 268. The van der Waals surface area contributed by atoms with E-state index in [0.29, 0.717) is 6.42 Å². The van der Waals surface area contributed by atoms with Gasteiger partial charge in [-0.25, -0.2) is 9.97 Å². The lowest BCUT2D eigenvalue weighted by atomic mass is 10.1. The lowest BCUT2D eigenvalue weighted by Crippen LogP contribution is -2.11. The smallest absolute Gasteiger partial charge is 0.115 e. The third-order valence-corrected chi connectivity index (χ3v) is 2.46. The molecule has 1 unspecified atom stereocenters. The standard InChI is InChI=1S/C9H13BrN2O/c1-2-3-7(13)4-9-8(10)5-11-6-12-9/h5-7,13H,2-4H2,1H3. The molecule has 4 heteroatoms. The van der Waals surface area contributed by atoms with E-state index in [1.54, 1.807) is 6.20 Å². The van der Waals surface area contributed by atoms with Crippen LogP contribution in [0.25, 0.3) is 0 Å². The molecule has 0 aliphatic rings. The predicted molar refractivity (Wildman–Crippen MR) is 54.4 cm³/mol. The highest BCUT2D eigenvalue weighted by Crippen LogP contribution is 2.14. The Morgan fingerprint density at radius 2 is 2.38 bits per heavy atom. The van der Waals surface area contributed by atoms with Crippen LogP contribution in [0.4, 0.5) is 0 Å². The van der Waals surface area contributed by atoms with Gasteiger partial charge < -0.3 is 5.11 Å². The summed E-state index contributed by atoms with van der Waals surface area (Å²) in [6.07, 6.45) is 5.30. The Hall–Kier alpha value is -0.480. The van der Waals surface area contributed by atoms with Crippen molar-refractivity contribution in [3.8, 4) is 0 Å². The molecule has 0 aliphatic heterocycles. The predicted octanol–water partition coefficient (Wildman–Crippen LogP) is 1.94. The number of hydrogen-bond acceptors (Lipinski definition) is 3. The SMILES string of the molecule is CCCC(O)Cc1ncncc1Br. The Labute approximate surface area is 86.4 Å². The van der Waals surface area contributed by atoms with Gasteiger partial charge in [-0.2, -0.15) is 0 Å². The van der Waals surface area contributed by atoms with Crippen molar-refractivity contribution >= 4 is 15.9 Å². The molecule has 0 saturated carbocycles. The molecule has 1 heterocycles. The molecule has 0 saturated heterocycles. The number of aromatic nitrogens is 2. The number of halogens is 1. The van der Waals surface area contributed by atoms with E-state index >= 15 is 0 Å². The summed E-state index contributed by atoms with van der Waals surface area (Å²) < 4.78 is 0.866. The fourth-order valence-corrected chi connectivity index (χ4v) is 1.53. The van der Waals surface area contributed by atoms with Crippen LogP contribution in [0.5, 0.6) is 0 Å². The van der Waals surface area contributed by atoms with Crippen molar-refractivity contribution < 1.29 is 5.11 Å². The highest BCUT2D eigenvalue weighted by atomic mass is 79.9. The van der Waals surface area contributed by atoms with Gasteiger partial charge in [-0.15, -0.1) is 0 Å². The van der Waals surface area contributed by atoms with E-state index in [1.807, 2.05) is 0 Å². The second kappa shape index (κ2) is 5.29. The molecule has 0 fully saturated rings. The molecule has 1 aromatic rings. The van der Waals surface area contributed by atoms with Gasteiger partial charge in [0.15, 0.2) is 0 Å². The van der Waals surface area contributed by atoms with Crippen molar-refractivity contribution in [2.24, 2.45) is 0 Å². The second-order valence-corrected chi connectivity index (χ2v) is 3.82. The summed E-state index contributed by atoms with van der Waals surface area (Å²) in [6.45, 7) is 2.05. The second-order valence-electron chi connectivity index (χ2n) is 2.96. The molecule has 0 radical (unpaired) electrons. The van der Waals surface area contributed by atoms with E-state index < -0.39 is 0 Å². The van der Waals surface area contributed by atoms with Crippen LogP contribution in [-0.2, 0) is 6.42 Å². The third kappa shape index (κ3) is 3.40. The maximum atomic E-state index is 9.55. The van der Waals surface area contributed by atoms with E-state index in [1.165, 1.54) is 6.33 Å². The zero-order valence-corrected chi connectivity index (χ0v) is 9.16. The van der Waals surface area contributed by atoms with Crippen molar-refractivity contribution in [3.05, 3.63) is 22.7 Å². The maximum Gasteiger partial charge on any atom is 0.115 e. The first-order valence-corrected chi connectivity index (χ1v) is 5.15. The summed E-state index contributed by atoms with van der Waals surface area (Å²) in [6, 6.07) is 0. The van der Waals surface area contributed by atoms with Crippen molar-refractivity contribution in [3.63, 3.8) is 0 Å². The van der Waals surface area contributed by atoms with E-state index in [9.17, 15) is 5.11 Å². The van der Waals surface area contributed by atoms with Gasteiger partial charge in [-0.05, 0) is 22.4 Å². The van der Waals surface area contributed by atoms with Gasteiger partial charge in [0.05, 0.1) is 16.3 Å². The molecule has 0 aliphatic carbocycles. The molecule has 0 amide bonds. The third-order valence-electron chi connectivity index (χ3n) is 1.79. The molecular weight excluding hydrogens is 232 g/mol. The molecule has 1 rings (SSSR count). The minimum atomic E-state index is -0.295. The van der Waals surface area contributed by atoms with Gasteiger partial charge >= 0.3 is 0 Å². The van der Waals surface area contributed by atoms with Crippen LogP contribution in [0.1, 0.15) is 25.5 Å². The van der Waals surface area contributed by atoms with Crippen LogP contribution >= 0.6 is 15.9 Å². The van der Waals surface area contributed by atoms with Crippen molar-refractivity contribution in [2.45, 2.75) is 32.3 Å². The van der Waals surface area contributed by atoms with Crippen LogP contribution in [-0.4, -0.2) is 21.2 Å². The molecule has 0 aromatic carbocycles. The first-order valence-electron chi connectivity index (χ1n) is 4.36. The normalized spacial score (nSPS) is 12.8. The Balaban J connectivity index is 2.58. The average molecular weight is 245 g/mol. The summed E-state index contributed by atoms with van der Waals surface area (Å²) in [5.41, 5.74) is 0.871. The van der Waals surface area contributed by atoms with Gasteiger partial charge in [-0.3, -0.25) is 0 Å². The minimum absolute atomic E-state index is 0.295. The number of aliphatic hydroxyl groups excluding tert-OH is 1. The number of aliphatic hydroxyl groups is 1. The van der Waals surface area contributed by atoms with Crippen LogP contribution in [0, 0.1) is 0 Å². The zero-order chi connectivity index (χ0) is 9.68. The summed E-state index contributed by atoms with van der Waals surface area (Å²) in [5.74, 6) is 0. The van der Waals surface area contributed by atoms with E-state index in [4.69, 9.17) is 0 Å². The fraction of sp³-hybridized carbons (Fsp3) is 0.556. The van der Waals surface area contributed by atoms with Crippen molar-refractivity contribution in [2.75, 3.05) is 0 Å². The molecule has 13 heavy (non-hydrogen) atoms. The van der Waals surface area contributed by atoms with Gasteiger partial charge in [0, 0.05) is 12.6 Å². The molecule has 3 nitrogen and oxygen atoms in total. The van der Waals surface area contributed by atoms with Crippen LogP contribution in [0.2, 0.25) is 0 Å². The number of rotatable bonds is 4. The summed E-state index contributed by atoms with van der Waals surface area (Å²) in [7, 11) is 0. The van der Waals surface area contributed by atoms with Crippen LogP contribution < -0.4 is 0 Å². The van der Waals surface area contributed by atoms with Crippen LogP contribution in [0.15, 0.2) is 17.0 Å². The van der Waals surface area contributed by atoms with E-state index in [2.05, 4.69) is 32.8 Å². The summed E-state index contributed by atoms with van der Waals surface area (Å²) in [5, 5.41) is 9.55. The number of hydrogen-bond donors (Lipinski definition) is 1. The monoisotopic (exact) mass is 244 g/mol. The molecule has 72 valence electrons. The molecule has 1 aromatic heterocycles. The minimum Gasteiger partial charge on any atom is -0.393 e. The highest BCUT2D eigenvalue weighted by molar-refractivity contribution is 9.10. The highest BCUT2D eigenvalue weighted by Gasteiger charge is 2.07. The number of nitrogens with zero attached hydrogens (tertiary/aromatic N) is 2. The van der Waals surface area contributed by atoms with Crippen molar-refractivity contribution in [1.29, 1.82) is 0 Å². The van der Waals surface area contributed by atoms with Gasteiger partial charge in [0.1, 0.15) is 6.33 Å². The first kappa shape index (κ1) is 10.6. The maximum absolute atomic E-state index is 9.55. The largest absolute Gasteiger partial charge is 0.393 e. The lowest BCUT2D eigenvalue weighted by Gasteiger charge is -2.08. The quantitative estimate of drug-likeness (QED) is 0.881. The topological polar surface area (TPSA) is 46.0 Å². The Morgan fingerprint density at radius 1 is 1.62 bits per heavy atom. The molecule has 0 spiro atoms. The lowest BCUT2D eigenvalue weighted by molar-refractivity contribution is 0.162. The Kier molecular flexibility index (Phi) is 4.32. The van der Waals surface area contributed by atoms with Gasteiger partial charge in [-0.1, -0.05) is 13.3 Å².